The van der Waals surface area contributed by atoms with Gasteiger partial charge in [0.2, 0.25) is 11.6 Å². The summed E-state index contributed by atoms with van der Waals surface area (Å²) in [6.45, 7) is 0. The smallest absolute Gasteiger partial charge is 0.268 e. The molecule has 0 fully saturated rings. The Kier molecular flexibility index (Phi) is 3.78. The van der Waals surface area contributed by atoms with Gasteiger partial charge in [-0.15, -0.1) is 5.10 Å². The van der Waals surface area contributed by atoms with E-state index in [0.717, 1.165) is 0 Å². The summed E-state index contributed by atoms with van der Waals surface area (Å²) < 4.78 is 10.9. The molecule has 7 heteroatoms. The van der Waals surface area contributed by atoms with Crippen LogP contribution in [-0.4, -0.2) is 26.7 Å². The van der Waals surface area contributed by atoms with Crippen LogP contribution >= 0.6 is 0 Å². The number of ether oxygens (including phenoxy) is 1. The van der Waals surface area contributed by atoms with E-state index in [2.05, 4.69) is 15.2 Å². The molecule has 0 aliphatic rings. The molecule has 22 heavy (non-hydrogen) atoms. The second-order valence-electron chi connectivity index (χ2n) is 4.37. The first kappa shape index (κ1) is 13.7. The average Bonchev–Trinajstić information content (AvgIpc) is 3.20. The highest BCUT2D eigenvalue weighted by Gasteiger charge is 2.23. The second kappa shape index (κ2) is 6.04. The third-order valence-corrected chi connectivity index (χ3v) is 2.87. The third kappa shape index (κ3) is 2.93. The summed E-state index contributed by atoms with van der Waals surface area (Å²) in [6.07, 6.45) is 2.41. The monoisotopic (exact) mass is 297 g/mol. The Morgan fingerprint density at radius 3 is 2.73 bits per heavy atom. The highest BCUT2D eigenvalue weighted by Crippen LogP contribution is 2.26. The Morgan fingerprint density at radius 1 is 1.18 bits per heavy atom. The molecule has 0 atom stereocenters. The Balaban J connectivity index is 1.72. The Bertz CT molecular complexity index is 778. The molecular formula is C15H11N3O4. The van der Waals surface area contributed by atoms with Gasteiger partial charge < -0.3 is 9.15 Å². The van der Waals surface area contributed by atoms with Gasteiger partial charge in [-0.3, -0.25) is 14.7 Å². The Hall–Kier alpha value is -3.22. The van der Waals surface area contributed by atoms with Gasteiger partial charge in [-0.2, -0.15) is 0 Å². The molecule has 0 amide bonds. The number of aromatic nitrogens is 3. The van der Waals surface area contributed by atoms with E-state index in [1.54, 1.807) is 18.2 Å². The number of nitrogens with one attached hydrogen (secondary N) is 1. The molecule has 0 saturated carbocycles. The zero-order chi connectivity index (χ0) is 15.4. The van der Waals surface area contributed by atoms with E-state index in [1.807, 2.05) is 18.2 Å². The number of Topliss-reactive ketones (excluding diaryl/α,β-unsaturated/α-hetero) is 2. The van der Waals surface area contributed by atoms with Crippen LogP contribution in [0.15, 0.2) is 53.4 Å². The highest BCUT2D eigenvalue weighted by molar-refractivity contribution is 6.43. The van der Waals surface area contributed by atoms with Crippen LogP contribution < -0.4 is 4.74 Å². The van der Waals surface area contributed by atoms with Crippen molar-refractivity contribution in [2.45, 2.75) is 6.42 Å². The molecule has 0 aliphatic heterocycles. The molecule has 0 radical (unpaired) electrons. The fourth-order valence-corrected chi connectivity index (χ4v) is 1.83. The van der Waals surface area contributed by atoms with Crippen molar-refractivity contribution in [2.24, 2.45) is 0 Å². The minimum atomic E-state index is -0.775. The normalized spacial score (nSPS) is 10.4. The van der Waals surface area contributed by atoms with Crippen molar-refractivity contribution in [3.05, 3.63) is 60.6 Å². The third-order valence-electron chi connectivity index (χ3n) is 2.87. The van der Waals surface area contributed by atoms with Crippen molar-refractivity contribution in [3.8, 4) is 11.5 Å². The summed E-state index contributed by atoms with van der Waals surface area (Å²) in [5.74, 6) is -0.337. The second-order valence-corrected chi connectivity index (χ2v) is 4.37. The first-order valence-corrected chi connectivity index (χ1v) is 6.46. The molecule has 3 rings (SSSR count). The number of carbonyl (C=O) groups excluding carboxylic acids is 2. The SMILES string of the molecule is O=C(Cc1occc1Oc1ccccc1)C(=O)c1nc[nH]n1. The summed E-state index contributed by atoms with van der Waals surface area (Å²) in [5, 5.41) is 5.97. The predicted molar refractivity (Wildman–Crippen MR) is 74.6 cm³/mol. The topological polar surface area (TPSA) is 98.1 Å². The van der Waals surface area contributed by atoms with Crippen molar-refractivity contribution in [2.75, 3.05) is 0 Å². The fraction of sp³-hybridized carbons (Fsp3) is 0.0667. The maximum Gasteiger partial charge on any atom is 0.268 e. The number of hydrogen-bond acceptors (Lipinski definition) is 6. The lowest BCUT2D eigenvalue weighted by Crippen LogP contribution is -2.18. The van der Waals surface area contributed by atoms with Crippen molar-refractivity contribution < 1.29 is 18.7 Å². The Labute approximate surface area is 124 Å². The first-order valence-electron chi connectivity index (χ1n) is 6.46. The van der Waals surface area contributed by atoms with E-state index in [0.29, 0.717) is 11.5 Å². The number of H-pyrrole nitrogens is 1. The lowest BCUT2D eigenvalue weighted by atomic mass is 10.1. The molecule has 0 bridgehead atoms. The maximum atomic E-state index is 12.0. The molecule has 2 heterocycles. The van der Waals surface area contributed by atoms with Crippen LogP contribution in [0.2, 0.25) is 0 Å². The van der Waals surface area contributed by atoms with Crippen molar-refractivity contribution in [1.29, 1.82) is 0 Å². The van der Waals surface area contributed by atoms with E-state index in [1.165, 1.54) is 12.6 Å². The van der Waals surface area contributed by atoms with Gasteiger partial charge in [0.1, 0.15) is 12.1 Å². The van der Waals surface area contributed by atoms with Gasteiger partial charge in [0, 0.05) is 6.07 Å². The molecule has 1 aromatic carbocycles. The summed E-state index contributed by atoms with van der Waals surface area (Å²) in [6, 6.07) is 10.7. The van der Waals surface area contributed by atoms with Crippen LogP contribution in [0.25, 0.3) is 0 Å². The molecular weight excluding hydrogens is 286 g/mol. The van der Waals surface area contributed by atoms with Crippen LogP contribution in [0.3, 0.4) is 0 Å². The maximum absolute atomic E-state index is 12.0. The van der Waals surface area contributed by atoms with Crippen LogP contribution in [0.1, 0.15) is 16.4 Å². The quantitative estimate of drug-likeness (QED) is 0.553. The van der Waals surface area contributed by atoms with E-state index in [9.17, 15) is 9.59 Å². The lowest BCUT2D eigenvalue weighted by Gasteiger charge is -2.04. The molecule has 3 aromatic rings. The van der Waals surface area contributed by atoms with E-state index in [-0.39, 0.29) is 18.0 Å². The lowest BCUT2D eigenvalue weighted by molar-refractivity contribution is -0.114. The van der Waals surface area contributed by atoms with Gasteiger partial charge in [0.25, 0.3) is 5.78 Å². The molecule has 2 aromatic heterocycles. The van der Waals surface area contributed by atoms with Crippen LogP contribution in [-0.2, 0) is 11.2 Å². The number of para-hydroxylation sites is 1. The fourth-order valence-electron chi connectivity index (χ4n) is 1.83. The number of aromatic amines is 1. The van der Waals surface area contributed by atoms with Crippen molar-refractivity contribution >= 4 is 11.6 Å². The van der Waals surface area contributed by atoms with Crippen LogP contribution in [0.4, 0.5) is 0 Å². The molecule has 0 spiro atoms. The standard InChI is InChI=1S/C15H11N3O4/c19-11(14(20)15-16-9-17-18-15)8-13-12(6-7-21-13)22-10-4-2-1-3-5-10/h1-7,9H,8H2,(H,16,17,18). The van der Waals surface area contributed by atoms with E-state index < -0.39 is 11.6 Å². The average molecular weight is 297 g/mol. The Morgan fingerprint density at radius 2 is 2.00 bits per heavy atom. The largest absolute Gasteiger partial charge is 0.465 e. The van der Waals surface area contributed by atoms with Gasteiger partial charge in [-0.05, 0) is 12.1 Å². The number of nitrogens with zero attached hydrogens (tertiary/aromatic N) is 2. The minimum Gasteiger partial charge on any atom is -0.465 e. The molecule has 7 nitrogen and oxygen atoms in total. The molecule has 1 N–H and O–H groups in total. The zero-order valence-electron chi connectivity index (χ0n) is 11.4. The van der Waals surface area contributed by atoms with E-state index >= 15 is 0 Å². The number of ketones is 2. The number of benzene rings is 1. The van der Waals surface area contributed by atoms with Crippen LogP contribution in [0, 0.1) is 0 Å². The number of carbonyl (C=O) groups is 2. The molecule has 0 saturated heterocycles. The highest BCUT2D eigenvalue weighted by atomic mass is 16.5. The van der Waals surface area contributed by atoms with Gasteiger partial charge in [-0.25, -0.2) is 4.98 Å². The minimum absolute atomic E-state index is 0.165. The molecule has 0 unspecified atom stereocenters. The predicted octanol–water partition coefficient (Wildman–Crippen LogP) is 2.18. The molecule has 0 aliphatic carbocycles. The number of hydrogen-bond donors (Lipinski definition) is 1. The number of rotatable bonds is 6. The van der Waals surface area contributed by atoms with Gasteiger partial charge in [0.15, 0.2) is 11.5 Å². The van der Waals surface area contributed by atoms with Gasteiger partial charge >= 0.3 is 0 Å². The van der Waals surface area contributed by atoms with Crippen molar-refractivity contribution in [1.82, 2.24) is 15.2 Å². The first-order chi connectivity index (χ1) is 10.7. The van der Waals surface area contributed by atoms with Gasteiger partial charge in [-0.1, -0.05) is 18.2 Å². The van der Waals surface area contributed by atoms with Crippen LogP contribution in [0.5, 0.6) is 11.5 Å². The summed E-state index contributed by atoms with van der Waals surface area (Å²) >= 11 is 0. The van der Waals surface area contributed by atoms with Gasteiger partial charge in [0.05, 0.1) is 12.7 Å². The van der Waals surface area contributed by atoms with E-state index in [4.69, 9.17) is 9.15 Å². The zero-order valence-corrected chi connectivity index (χ0v) is 11.4. The summed E-state index contributed by atoms with van der Waals surface area (Å²) in [7, 11) is 0. The summed E-state index contributed by atoms with van der Waals surface area (Å²) in [5.41, 5.74) is 0. The van der Waals surface area contributed by atoms with Crippen molar-refractivity contribution in [3.63, 3.8) is 0 Å². The number of furan rings is 1. The molecule has 110 valence electrons. The summed E-state index contributed by atoms with van der Waals surface area (Å²) in [4.78, 5) is 27.4.